The minimum absolute atomic E-state index is 0.269. The van der Waals surface area contributed by atoms with E-state index in [2.05, 4.69) is 15.3 Å². The zero-order valence-electron chi connectivity index (χ0n) is 13.5. The molecule has 7 heteroatoms. The van der Waals surface area contributed by atoms with Crippen molar-refractivity contribution in [1.82, 2.24) is 19.4 Å². The van der Waals surface area contributed by atoms with Crippen molar-refractivity contribution in [3.63, 3.8) is 0 Å². The predicted octanol–water partition coefficient (Wildman–Crippen LogP) is 2.24. The lowest BCUT2D eigenvalue weighted by molar-refractivity contribution is 0.382. The van der Waals surface area contributed by atoms with E-state index in [9.17, 15) is 9.18 Å². The molecular weight excluding hydrogens is 309 g/mol. The summed E-state index contributed by atoms with van der Waals surface area (Å²) in [7, 11) is 3.85. The average Bonchev–Trinajstić information content (AvgIpc) is 2.56. The molecule has 1 aromatic carbocycles. The fourth-order valence-corrected chi connectivity index (χ4v) is 2.36. The molecule has 2 heterocycles. The maximum Gasteiger partial charge on any atom is 0.262 e. The summed E-state index contributed by atoms with van der Waals surface area (Å²) in [6.07, 6.45) is 3.32. The van der Waals surface area contributed by atoms with E-state index >= 15 is 0 Å². The van der Waals surface area contributed by atoms with Gasteiger partial charge in [0.15, 0.2) is 0 Å². The van der Waals surface area contributed by atoms with Gasteiger partial charge in [0.2, 0.25) is 5.95 Å². The number of halogens is 1. The SMILES string of the molecule is CN(C)CCn1c(Nc2cccnc2)nc2ccc(F)cc2c1=O. The molecule has 0 unspecified atom stereocenters. The van der Waals surface area contributed by atoms with Gasteiger partial charge < -0.3 is 10.2 Å². The minimum Gasteiger partial charge on any atom is -0.324 e. The third-order valence-corrected chi connectivity index (χ3v) is 3.60. The van der Waals surface area contributed by atoms with Crippen molar-refractivity contribution in [2.75, 3.05) is 26.0 Å². The number of nitrogens with one attached hydrogen (secondary N) is 1. The number of rotatable bonds is 5. The molecule has 1 N–H and O–H groups in total. The number of likely N-dealkylation sites (N-methyl/N-ethyl adjacent to an activating group) is 1. The molecule has 0 aliphatic rings. The number of nitrogens with zero attached hydrogens (tertiary/aromatic N) is 4. The minimum atomic E-state index is -0.450. The molecule has 0 spiro atoms. The van der Waals surface area contributed by atoms with Gasteiger partial charge >= 0.3 is 0 Å². The standard InChI is InChI=1S/C17H18FN5O/c1-22(2)8-9-23-16(24)14-10-12(18)5-6-15(14)21-17(23)20-13-4-3-7-19-11-13/h3-7,10-11H,8-9H2,1-2H3,(H,20,21). The van der Waals surface area contributed by atoms with Crippen molar-refractivity contribution in [2.45, 2.75) is 6.54 Å². The van der Waals surface area contributed by atoms with Gasteiger partial charge in [-0.25, -0.2) is 9.37 Å². The summed E-state index contributed by atoms with van der Waals surface area (Å²) in [6.45, 7) is 1.10. The summed E-state index contributed by atoms with van der Waals surface area (Å²) >= 11 is 0. The highest BCUT2D eigenvalue weighted by atomic mass is 19.1. The number of hydrogen-bond acceptors (Lipinski definition) is 5. The van der Waals surface area contributed by atoms with Gasteiger partial charge in [-0.15, -0.1) is 0 Å². The van der Waals surface area contributed by atoms with Crippen LogP contribution in [0.1, 0.15) is 0 Å². The van der Waals surface area contributed by atoms with E-state index in [0.29, 0.717) is 24.6 Å². The molecule has 0 amide bonds. The Hall–Kier alpha value is -2.80. The lowest BCUT2D eigenvalue weighted by atomic mass is 10.2. The normalized spacial score (nSPS) is 11.2. The summed E-state index contributed by atoms with van der Waals surface area (Å²) in [5.41, 5.74) is 0.908. The topological polar surface area (TPSA) is 63.1 Å². The Morgan fingerprint density at radius 1 is 1.29 bits per heavy atom. The Bertz CT molecular complexity index is 908. The maximum atomic E-state index is 13.5. The van der Waals surface area contributed by atoms with E-state index in [4.69, 9.17) is 0 Å². The molecule has 3 aromatic rings. The smallest absolute Gasteiger partial charge is 0.262 e. The van der Waals surface area contributed by atoms with Gasteiger partial charge in [0, 0.05) is 19.3 Å². The van der Waals surface area contributed by atoms with Gasteiger partial charge in [-0.3, -0.25) is 14.3 Å². The van der Waals surface area contributed by atoms with Crippen molar-refractivity contribution < 1.29 is 4.39 Å². The molecule has 2 aromatic heterocycles. The molecule has 124 valence electrons. The number of pyridine rings is 1. The van der Waals surface area contributed by atoms with Gasteiger partial charge in [-0.05, 0) is 44.4 Å². The van der Waals surface area contributed by atoms with Crippen molar-refractivity contribution in [1.29, 1.82) is 0 Å². The Balaban J connectivity index is 2.12. The van der Waals surface area contributed by atoms with Crippen molar-refractivity contribution >= 4 is 22.5 Å². The van der Waals surface area contributed by atoms with Gasteiger partial charge in [-0.1, -0.05) is 0 Å². The van der Waals surface area contributed by atoms with E-state index < -0.39 is 5.82 Å². The summed E-state index contributed by atoms with van der Waals surface area (Å²) in [6, 6.07) is 7.67. The first-order valence-corrected chi connectivity index (χ1v) is 7.56. The van der Waals surface area contributed by atoms with Crippen LogP contribution in [0.15, 0.2) is 47.5 Å². The molecule has 0 saturated heterocycles. The number of anilines is 2. The van der Waals surface area contributed by atoms with E-state index in [0.717, 1.165) is 5.69 Å². The van der Waals surface area contributed by atoms with Crippen LogP contribution in [0.5, 0.6) is 0 Å². The molecule has 0 fully saturated rings. The summed E-state index contributed by atoms with van der Waals surface area (Å²) in [4.78, 5) is 23.3. The first kappa shape index (κ1) is 16.1. The molecule has 0 saturated carbocycles. The van der Waals surface area contributed by atoms with Crippen molar-refractivity contribution in [2.24, 2.45) is 0 Å². The molecule has 0 atom stereocenters. The Kier molecular flexibility index (Phi) is 4.52. The largest absolute Gasteiger partial charge is 0.324 e. The van der Waals surface area contributed by atoms with Gasteiger partial charge in [0.05, 0.1) is 22.8 Å². The molecule has 0 aliphatic heterocycles. The van der Waals surface area contributed by atoms with Crippen LogP contribution in [0, 0.1) is 5.82 Å². The maximum absolute atomic E-state index is 13.5. The van der Waals surface area contributed by atoms with E-state index in [1.165, 1.54) is 22.8 Å². The molecule has 0 bridgehead atoms. The molecule has 0 aliphatic carbocycles. The number of benzene rings is 1. The Morgan fingerprint density at radius 2 is 2.12 bits per heavy atom. The lowest BCUT2D eigenvalue weighted by Gasteiger charge is -2.16. The molecule has 6 nitrogen and oxygen atoms in total. The first-order valence-electron chi connectivity index (χ1n) is 7.56. The summed E-state index contributed by atoms with van der Waals surface area (Å²) in [5.74, 6) is -0.0394. The fourth-order valence-electron chi connectivity index (χ4n) is 2.36. The Labute approximate surface area is 138 Å². The summed E-state index contributed by atoms with van der Waals surface area (Å²) < 4.78 is 15.0. The highest BCUT2D eigenvalue weighted by molar-refractivity contribution is 5.79. The van der Waals surface area contributed by atoms with E-state index in [1.54, 1.807) is 18.5 Å². The summed E-state index contributed by atoms with van der Waals surface area (Å²) in [5, 5.41) is 3.39. The second kappa shape index (κ2) is 6.76. The quantitative estimate of drug-likeness (QED) is 0.779. The predicted molar refractivity (Wildman–Crippen MR) is 92.0 cm³/mol. The van der Waals surface area contributed by atoms with Crippen molar-refractivity contribution in [3.8, 4) is 0 Å². The second-order valence-electron chi connectivity index (χ2n) is 5.72. The molecular formula is C17H18FN5O. The number of hydrogen-bond donors (Lipinski definition) is 1. The van der Waals surface area contributed by atoms with Crippen molar-refractivity contribution in [3.05, 3.63) is 58.9 Å². The number of aromatic nitrogens is 3. The monoisotopic (exact) mass is 327 g/mol. The third kappa shape index (κ3) is 3.41. The van der Waals surface area contributed by atoms with Gasteiger partial charge in [-0.2, -0.15) is 0 Å². The fraction of sp³-hybridized carbons (Fsp3) is 0.235. The van der Waals surface area contributed by atoms with E-state index in [1.807, 2.05) is 25.1 Å². The highest BCUT2D eigenvalue weighted by Gasteiger charge is 2.12. The Morgan fingerprint density at radius 3 is 2.83 bits per heavy atom. The molecule has 0 radical (unpaired) electrons. The van der Waals surface area contributed by atoms with Crippen LogP contribution in [0.4, 0.5) is 16.0 Å². The van der Waals surface area contributed by atoms with Crippen LogP contribution in [0.2, 0.25) is 0 Å². The molecule has 3 rings (SSSR count). The van der Waals surface area contributed by atoms with Crippen LogP contribution in [0.3, 0.4) is 0 Å². The third-order valence-electron chi connectivity index (χ3n) is 3.60. The lowest BCUT2D eigenvalue weighted by Crippen LogP contribution is -2.29. The molecule has 24 heavy (non-hydrogen) atoms. The first-order chi connectivity index (χ1) is 11.5. The second-order valence-corrected chi connectivity index (χ2v) is 5.72. The van der Waals surface area contributed by atoms with Crippen LogP contribution < -0.4 is 10.9 Å². The van der Waals surface area contributed by atoms with E-state index in [-0.39, 0.29) is 10.9 Å². The van der Waals surface area contributed by atoms with Gasteiger partial charge in [0.1, 0.15) is 5.82 Å². The van der Waals surface area contributed by atoms with Gasteiger partial charge in [0.25, 0.3) is 5.56 Å². The average molecular weight is 327 g/mol. The van der Waals surface area contributed by atoms with Crippen LogP contribution in [-0.2, 0) is 6.54 Å². The zero-order valence-corrected chi connectivity index (χ0v) is 13.5. The number of fused-ring (bicyclic) bond motifs is 1. The zero-order chi connectivity index (χ0) is 17.1. The van der Waals surface area contributed by atoms with Crippen LogP contribution in [-0.4, -0.2) is 40.1 Å². The van der Waals surface area contributed by atoms with Crippen LogP contribution in [0.25, 0.3) is 10.9 Å². The highest BCUT2D eigenvalue weighted by Crippen LogP contribution is 2.16. The van der Waals surface area contributed by atoms with Crippen LogP contribution >= 0.6 is 0 Å².